The van der Waals surface area contributed by atoms with Crippen molar-refractivity contribution in [2.24, 2.45) is 11.8 Å². The Balaban J connectivity index is 1.49. The number of hydrogen-bond acceptors (Lipinski definition) is 2. The summed E-state index contributed by atoms with van der Waals surface area (Å²) in [5.74, 6) is 2.23. The monoisotopic (exact) mass is 339 g/mol. The highest BCUT2D eigenvalue weighted by Crippen LogP contribution is 2.44. The average Bonchev–Trinajstić information content (AvgIpc) is 3.28. The van der Waals surface area contributed by atoms with E-state index in [1.807, 2.05) is 24.3 Å². The molecule has 1 aromatic carbocycles. The first kappa shape index (κ1) is 13.5. The lowest BCUT2D eigenvalue weighted by Gasteiger charge is -2.17. The summed E-state index contributed by atoms with van der Waals surface area (Å²) in [4.78, 5) is 13.2. The van der Waals surface area contributed by atoms with Crippen molar-refractivity contribution in [1.29, 1.82) is 0 Å². The number of benzene rings is 1. The third kappa shape index (κ3) is 3.76. The van der Waals surface area contributed by atoms with E-state index < -0.39 is 0 Å². The molecule has 1 aromatic rings. The highest BCUT2D eigenvalue weighted by Gasteiger charge is 2.42. The number of nitrogens with one attached hydrogen (secondary N) is 1. The molecule has 2 fully saturated rings. The largest absolute Gasteiger partial charge is 0.352 e. The highest BCUT2D eigenvalue weighted by molar-refractivity contribution is 9.10. The Hall–Kier alpha value is -0.480. The summed E-state index contributed by atoms with van der Waals surface area (Å²) in [6, 6.07) is 8.51. The lowest BCUT2D eigenvalue weighted by atomic mass is 10.1. The molecule has 0 saturated heterocycles. The third-order valence-electron chi connectivity index (χ3n) is 3.78. The van der Waals surface area contributed by atoms with Gasteiger partial charge in [0.15, 0.2) is 0 Å². The van der Waals surface area contributed by atoms with Crippen molar-refractivity contribution in [3.8, 4) is 0 Å². The Labute approximate surface area is 126 Å². The third-order valence-corrected chi connectivity index (χ3v) is 5.81. The van der Waals surface area contributed by atoms with Gasteiger partial charge in [-0.05, 0) is 65.6 Å². The van der Waals surface area contributed by atoms with Crippen LogP contribution < -0.4 is 5.32 Å². The SMILES string of the molecule is O=C(CSc1ccccc1Br)NC(C1CC1)C1CC1. The number of thioether (sulfide) groups is 1. The van der Waals surface area contributed by atoms with Crippen LogP contribution >= 0.6 is 27.7 Å². The highest BCUT2D eigenvalue weighted by atomic mass is 79.9. The first-order valence-corrected chi connectivity index (χ1v) is 8.68. The van der Waals surface area contributed by atoms with Gasteiger partial charge in [0.2, 0.25) is 5.91 Å². The molecule has 2 nitrogen and oxygen atoms in total. The summed E-state index contributed by atoms with van der Waals surface area (Å²) in [5, 5.41) is 3.26. The zero-order chi connectivity index (χ0) is 13.2. The number of carbonyl (C=O) groups is 1. The van der Waals surface area contributed by atoms with Crippen molar-refractivity contribution in [2.45, 2.75) is 36.6 Å². The summed E-state index contributed by atoms with van der Waals surface area (Å²) >= 11 is 5.11. The summed E-state index contributed by atoms with van der Waals surface area (Å²) < 4.78 is 1.06. The molecule has 0 bridgehead atoms. The van der Waals surface area contributed by atoms with Crippen molar-refractivity contribution in [3.05, 3.63) is 28.7 Å². The normalized spacial score (nSPS) is 18.6. The molecule has 0 spiro atoms. The number of carbonyl (C=O) groups excluding carboxylic acids is 1. The molecule has 0 aromatic heterocycles. The molecule has 2 aliphatic rings. The molecule has 2 aliphatic carbocycles. The molecule has 0 radical (unpaired) electrons. The number of rotatable bonds is 6. The van der Waals surface area contributed by atoms with Crippen LogP contribution in [0.5, 0.6) is 0 Å². The Morgan fingerprint density at radius 2 is 1.89 bits per heavy atom. The van der Waals surface area contributed by atoms with Crippen molar-refractivity contribution in [2.75, 3.05) is 5.75 Å². The Morgan fingerprint density at radius 1 is 1.26 bits per heavy atom. The molecular formula is C15H18BrNOS. The van der Waals surface area contributed by atoms with E-state index in [4.69, 9.17) is 0 Å². The van der Waals surface area contributed by atoms with Crippen LogP contribution in [0.1, 0.15) is 25.7 Å². The summed E-state index contributed by atoms with van der Waals surface area (Å²) in [6.45, 7) is 0. The van der Waals surface area contributed by atoms with E-state index in [0.29, 0.717) is 11.8 Å². The molecule has 19 heavy (non-hydrogen) atoms. The van der Waals surface area contributed by atoms with E-state index in [1.165, 1.54) is 25.7 Å². The fraction of sp³-hybridized carbons (Fsp3) is 0.533. The summed E-state index contributed by atoms with van der Waals surface area (Å²) in [5.41, 5.74) is 0. The Bertz CT molecular complexity index is 459. The predicted octanol–water partition coefficient (Wildman–Crippen LogP) is 3.85. The second kappa shape index (κ2) is 5.88. The van der Waals surface area contributed by atoms with Gasteiger partial charge in [0, 0.05) is 15.4 Å². The van der Waals surface area contributed by atoms with Gasteiger partial charge >= 0.3 is 0 Å². The molecule has 0 atom stereocenters. The minimum absolute atomic E-state index is 0.185. The smallest absolute Gasteiger partial charge is 0.230 e. The maximum Gasteiger partial charge on any atom is 0.230 e. The van der Waals surface area contributed by atoms with E-state index in [0.717, 1.165) is 21.2 Å². The van der Waals surface area contributed by atoms with Crippen molar-refractivity contribution >= 4 is 33.6 Å². The molecule has 4 heteroatoms. The van der Waals surface area contributed by atoms with Gasteiger partial charge in [0.25, 0.3) is 0 Å². The van der Waals surface area contributed by atoms with Gasteiger partial charge in [-0.15, -0.1) is 11.8 Å². The van der Waals surface area contributed by atoms with Gasteiger partial charge < -0.3 is 5.32 Å². The van der Waals surface area contributed by atoms with Gasteiger partial charge in [0.1, 0.15) is 0 Å². The van der Waals surface area contributed by atoms with E-state index in [1.54, 1.807) is 11.8 Å². The quantitative estimate of drug-likeness (QED) is 0.797. The van der Waals surface area contributed by atoms with Crippen LogP contribution in [0, 0.1) is 11.8 Å². The van der Waals surface area contributed by atoms with Crippen LogP contribution in [0.2, 0.25) is 0 Å². The average molecular weight is 340 g/mol. The minimum atomic E-state index is 0.185. The second-order valence-electron chi connectivity index (χ2n) is 5.49. The molecule has 102 valence electrons. The van der Waals surface area contributed by atoms with Gasteiger partial charge in [-0.25, -0.2) is 0 Å². The number of amides is 1. The lowest BCUT2D eigenvalue weighted by molar-refractivity contribution is -0.119. The van der Waals surface area contributed by atoms with Crippen LogP contribution in [0.15, 0.2) is 33.6 Å². The number of hydrogen-bond donors (Lipinski definition) is 1. The molecule has 0 unspecified atom stereocenters. The van der Waals surface area contributed by atoms with Crippen molar-refractivity contribution in [3.63, 3.8) is 0 Å². The lowest BCUT2D eigenvalue weighted by Crippen LogP contribution is -2.39. The van der Waals surface area contributed by atoms with Gasteiger partial charge in [-0.3, -0.25) is 4.79 Å². The van der Waals surface area contributed by atoms with Gasteiger partial charge in [-0.1, -0.05) is 12.1 Å². The van der Waals surface area contributed by atoms with E-state index in [-0.39, 0.29) is 5.91 Å². The molecule has 0 heterocycles. The van der Waals surface area contributed by atoms with E-state index in [9.17, 15) is 4.79 Å². The van der Waals surface area contributed by atoms with Crippen LogP contribution in [-0.4, -0.2) is 17.7 Å². The molecule has 2 saturated carbocycles. The second-order valence-corrected chi connectivity index (χ2v) is 7.36. The van der Waals surface area contributed by atoms with Crippen molar-refractivity contribution in [1.82, 2.24) is 5.32 Å². The maximum atomic E-state index is 12.1. The zero-order valence-corrected chi connectivity index (χ0v) is 13.2. The summed E-state index contributed by atoms with van der Waals surface area (Å²) in [7, 11) is 0. The zero-order valence-electron chi connectivity index (χ0n) is 10.8. The van der Waals surface area contributed by atoms with Gasteiger partial charge in [0.05, 0.1) is 5.75 Å². The first-order chi connectivity index (χ1) is 9.24. The molecular weight excluding hydrogens is 322 g/mol. The minimum Gasteiger partial charge on any atom is -0.352 e. The molecule has 1 N–H and O–H groups in total. The van der Waals surface area contributed by atoms with Crippen molar-refractivity contribution < 1.29 is 4.79 Å². The number of halogens is 1. The molecule has 3 rings (SSSR count). The maximum absolute atomic E-state index is 12.1. The Kier molecular flexibility index (Phi) is 4.18. The molecule has 0 aliphatic heterocycles. The topological polar surface area (TPSA) is 29.1 Å². The summed E-state index contributed by atoms with van der Waals surface area (Å²) in [6.07, 6.45) is 5.22. The fourth-order valence-electron chi connectivity index (χ4n) is 2.46. The van der Waals surface area contributed by atoms with Crippen LogP contribution in [0.25, 0.3) is 0 Å². The van der Waals surface area contributed by atoms with E-state index in [2.05, 4.69) is 21.2 Å². The van der Waals surface area contributed by atoms with E-state index >= 15 is 0 Å². The Morgan fingerprint density at radius 3 is 2.47 bits per heavy atom. The first-order valence-electron chi connectivity index (χ1n) is 6.91. The van der Waals surface area contributed by atoms with Crippen LogP contribution in [0.4, 0.5) is 0 Å². The fourth-order valence-corrected chi connectivity index (χ4v) is 3.84. The van der Waals surface area contributed by atoms with Crippen LogP contribution in [0.3, 0.4) is 0 Å². The standard InChI is InChI=1S/C15H18BrNOS/c16-12-3-1-2-4-13(12)19-9-14(18)17-15(10-5-6-10)11-7-8-11/h1-4,10-11,15H,5-9H2,(H,17,18). The van der Waals surface area contributed by atoms with Crippen LogP contribution in [-0.2, 0) is 4.79 Å². The molecule has 1 amide bonds. The predicted molar refractivity (Wildman–Crippen MR) is 82.2 cm³/mol. The van der Waals surface area contributed by atoms with Gasteiger partial charge in [-0.2, -0.15) is 0 Å².